The van der Waals surface area contributed by atoms with E-state index in [2.05, 4.69) is 24.1 Å². The number of anilines is 1. The molecule has 5 heteroatoms. The molecule has 2 heterocycles. The van der Waals surface area contributed by atoms with Crippen molar-refractivity contribution < 1.29 is 13.6 Å². The Hall–Kier alpha value is -2.43. The molecule has 0 saturated heterocycles. The maximum atomic E-state index is 14.0. The Bertz CT molecular complexity index is 897. The van der Waals surface area contributed by atoms with Crippen molar-refractivity contribution in [2.45, 2.75) is 45.4 Å². The number of benzene rings is 1. The summed E-state index contributed by atoms with van der Waals surface area (Å²) in [5.41, 5.74) is 1.39. The van der Waals surface area contributed by atoms with Gasteiger partial charge in [-0.3, -0.25) is 4.79 Å². The summed E-state index contributed by atoms with van der Waals surface area (Å²) in [6.45, 7) is 6.18. The van der Waals surface area contributed by atoms with E-state index in [1.54, 1.807) is 6.07 Å². The van der Waals surface area contributed by atoms with Crippen LogP contribution < -0.4 is 5.32 Å². The lowest BCUT2D eigenvalue weighted by Gasteiger charge is -2.43. The van der Waals surface area contributed by atoms with Gasteiger partial charge in [-0.05, 0) is 36.0 Å². The molecule has 0 fully saturated rings. The van der Waals surface area contributed by atoms with Crippen LogP contribution in [0.5, 0.6) is 0 Å². The van der Waals surface area contributed by atoms with Gasteiger partial charge >= 0.3 is 0 Å². The van der Waals surface area contributed by atoms with Crippen LogP contribution in [0.1, 0.15) is 51.4 Å². The second kappa shape index (κ2) is 5.28. The smallest absolute Gasteiger partial charge is 0.183 e. The molecule has 1 N–H and O–H groups in total. The first-order valence-electron chi connectivity index (χ1n) is 8.61. The summed E-state index contributed by atoms with van der Waals surface area (Å²) in [6.07, 6.45) is 3.19. The SMILES string of the molecule is CCC1(c2cccc(F)c2)C2=C(CC(C)(C)CC2=O)Nc2ncoc21. The van der Waals surface area contributed by atoms with Crippen LogP contribution in [0.4, 0.5) is 10.2 Å². The van der Waals surface area contributed by atoms with Crippen molar-refractivity contribution in [3.05, 3.63) is 59.1 Å². The first-order chi connectivity index (χ1) is 11.9. The molecule has 4 nitrogen and oxygen atoms in total. The van der Waals surface area contributed by atoms with E-state index in [1.807, 2.05) is 13.0 Å². The molecular weight excluding hydrogens is 319 g/mol. The average Bonchev–Trinajstić information content (AvgIpc) is 3.00. The zero-order valence-electron chi connectivity index (χ0n) is 14.6. The van der Waals surface area contributed by atoms with Gasteiger partial charge in [0.1, 0.15) is 5.82 Å². The second-order valence-electron chi connectivity index (χ2n) is 7.72. The minimum atomic E-state index is -0.803. The van der Waals surface area contributed by atoms with E-state index >= 15 is 0 Å². The zero-order valence-corrected chi connectivity index (χ0v) is 14.6. The number of carbonyl (C=O) groups excluding carboxylic acids is 1. The molecule has 0 spiro atoms. The Morgan fingerprint density at radius 1 is 1.32 bits per heavy atom. The van der Waals surface area contributed by atoms with Gasteiger partial charge in [0.05, 0.1) is 5.41 Å². The van der Waals surface area contributed by atoms with Crippen LogP contribution in [0.2, 0.25) is 0 Å². The van der Waals surface area contributed by atoms with E-state index in [0.29, 0.717) is 30.0 Å². The van der Waals surface area contributed by atoms with E-state index in [0.717, 1.165) is 17.7 Å². The lowest BCUT2D eigenvalue weighted by molar-refractivity contribution is -0.118. The van der Waals surface area contributed by atoms with Gasteiger partial charge in [-0.1, -0.05) is 32.9 Å². The number of rotatable bonds is 2. The second-order valence-corrected chi connectivity index (χ2v) is 7.72. The molecular formula is C20H21FN2O2. The predicted octanol–water partition coefficient (Wildman–Crippen LogP) is 4.58. The van der Waals surface area contributed by atoms with Gasteiger partial charge in [0.15, 0.2) is 23.8 Å². The maximum Gasteiger partial charge on any atom is 0.183 e. The van der Waals surface area contributed by atoms with E-state index in [9.17, 15) is 9.18 Å². The number of Topliss-reactive ketones (excluding diaryl/α,β-unsaturated/α-hetero) is 1. The number of carbonyl (C=O) groups is 1. The number of halogens is 1. The van der Waals surface area contributed by atoms with Crippen molar-refractivity contribution in [3.8, 4) is 0 Å². The molecule has 1 aliphatic heterocycles. The van der Waals surface area contributed by atoms with Crippen LogP contribution in [-0.4, -0.2) is 10.8 Å². The van der Waals surface area contributed by atoms with Gasteiger partial charge < -0.3 is 9.73 Å². The van der Waals surface area contributed by atoms with Crippen LogP contribution in [0, 0.1) is 11.2 Å². The first-order valence-corrected chi connectivity index (χ1v) is 8.61. The van der Waals surface area contributed by atoms with Crippen LogP contribution in [0.3, 0.4) is 0 Å². The first kappa shape index (κ1) is 16.1. The quantitative estimate of drug-likeness (QED) is 0.869. The molecule has 0 amide bonds. The third-order valence-corrected chi connectivity index (χ3v) is 5.37. The maximum absolute atomic E-state index is 14.0. The van der Waals surface area contributed by atoms with Crippen molar-refractivity contribution >= 4 is 11.6 Å². The lowest BCUT2D eigenvalue weighted by Crippen LogP contribution is -2.43. The Morgan fingerprint density at radius 2 is 2.12 bits per heavy atom. The molecule has 0 radical (unpaired) electrons. The summed E-state index contributed by atoms with van der Waals surface area (Å²) >= 11 is 0. The zero-order chi connectivity index (χ0) is 17.8. The van der Waals surface area contributed by atoms with Crippen LogP contribution >= 0.6 is 0 Å². The summed E-state index contributed by atoms with van der Waals surface area (Å²) in [4.78, 5) is 17.4. The van der Waals surface area contributed by atoms with Crippen molar-refractivity contribution in [1.29, 1.82) is 0 Å². The molecule has 25 heavy (non-hydrogen) atoms. The summed E-state index contributed by atoms with van der Waals surface area (Å²) in [5, 5.41) is 3.30. The van der Waals surface area contributed by atoms with Gasteiger partial charge in [-0.2, -0.15) is 4.98 Å². The molecule has 1 atom stereocenters. The van der Waals surface area contributed by atoms with E-state index < -0.39 is 5.41 Å². The third-order valence-electron chi connectivity index (χ3n) is 5.37. The van der Waals surface area contributed by atoms with Gasteiger partial charge in [-0.25, -0.2) is 4.39 Å². The largest absolute Gasteiger partial charge is 0.445 e. The molecule has 1 unspecified atom stereocenters. The average molecular weight is 340 g/mol. The number of aromatic nitrogens is 1. The Labute approximate surface area is 146 Å². The minimum absolute atomic E-state index is 0.0897. The highest BCUT2D eigenvalue weighted by atomic mass is 19.1. The standard InChI is InChI=1S/C20H21FN2O2/c1-4-20(12-6-5-7-13(21)8-12)16-14(9-19(2,3)10-15(16)24)23-18-17(20)25-11-22-18/h5-8,11,23H,4,9-10H2,1-3H3. The molecule has 1 aromatic heterocycles. The summed E-state index contributed by atoms with van der Waals surface area (Å²) < 4.78 is 19.7. The molecule has 1 aliphatic carbocycles. The minimum Gasteiger partial charge on any atom is -0.445 e. The van der Waals surface area contributed by atoms with Crippen LogP contribution in [0.25, 0.3) is 0 Å². The van der Waals surface area contributed by atoms with Crippen molar-refractivity contribution in [1.82, 2.24) is 4.98 Å². The number of allylic oxidation sites excluding steroid dienone is 2. The number of oxazole rings is 1. The number of hydrogen-bond acceptors (Lipinski definition) is 4. The fourth-order valence-electron chi connectivity index (χ4n) is 4.39. The Kier molecular flexibility index (Phi) is 3.39. The summed E-state index contributed by atoms with van der Waals surface area (Å²) in [7, 11) is 0. The van der Waals surface area contributed by atoms with Crippen LogP contribution in [-0.2, 0) is 10.2 Å². The highest BCUT2D eigenvalue weighted by Gasteiger charge is 2.51. The molecule has 0 bridgehead atoms. The number of hydrogen-bond donors (Lipinski definition) is 1. The predicted molar refractivity (Wildman–Crippen MR) is 92.6 cm³/mol. The van der Waals surface area contributed by atoms with Gasteiger partial charge in [-0.15, -0.1) is 0 Å². The van der Waals surface area contributed by atoms with E-state index in [1.165, 1.54) is 18.5 Å². The number of ketones is 1. The molecule has 4 rings (SSSR count). The Morgan fingerprint density at radius 3 is 2.84 bits per heavy atom. The molecule has 130 valence electrons. The number of fused-ring (bicyclic) bond motifs is 1. The summed E-state index contributed by atoms with van der Waals surface area (Å²) in [6, 6.07) is 6.45. The topological polar surface area (TPSA) is 55.1 Å². The van der Waals surface area contributed by atoms with Crippen LogP contribution in [0.15, 0.2) is 46.3 Å². The molecule has 1 aromatic carbocycles. The highest BCUT2D eigenvalue weighted by Crippen LogP contribution is 2.53. The number of nitrogens with zero attached hydrogens (tertiary/aromatic N) is 1. The van der Waals surface area contributed by atoms with Crippen molar-refractivity contribution in [2.75, 3.05) is 5.32 Å². The van der Waals surface area contributed by atoms with Crippen molar-refractivity contribution in [3.63, 3.8) is 0 Å². The molecule has 2 aliphatic rings. The molecule has 2 aromatic rings. The van der Waals surface area contributed by atoms with E-state index in [-0.39, 0.29) is 17.0 Å². The van der Waals surface area contributed by atoms with Crippen molar-refractivity contribution in [2.24, 2.45) is 5.41 Å². The highest BCUT2D eigenvalue weighted by molar-refractivity contribution is 6.02. The fourth-order valence-corrected chi connectivity index (χ4v) is 4.39. The fraction of sp³-hybridized carbons (Fsp3) is 0.400. The van der Waals surface area contributed by atoms with Gasteiger partial charge in [0, 0.05) is 17.7 Å². The third kappa shape index (κ3) is 2.25. The number of nitrogens with one attached hydrogen (secondary N) is 1. The normalized spacial score (nSPS) is 24.6. The monoisotopic (exact) mass is 340 g/mol. The van der Waals surface area contributed by atoms with E-state index in [4.69, 9.17) is 4.42 Å². The Balaban J connectivity index is 2.04. The van der Waals surface area contributed by atoms with Gasteiger partial charge in [0.2, 0.25) is 0 Å². The summed E-state index contributed by atoms with van der Waals surface area (Å²) in [5.74, 6) is 0.977. The van der Waals surface area contributed by atoms with Gasteiger partial charge in [0.25, 0.3) is 0 Å². The lowest BCUT2D eigenvalue weighted by atomic mass is 9.61. The molecule has 0 saturated carbocycles.